The molecular weight excluding hydrogens is 563 g/mol. The number of H-pyrrole nitrogens is 1. The van der Waals surface area contributed by atoms with Crippen LogP contribution in [0.3, 0.4) is 0 Å². The lowest BCUT2D eigenvalue weighted by Gasteiger charge is -2.45. The van der Waals surface area contributed by atoms with E-state index in [1.807, 2.05) is 37.4 Å². The summed E-state index contributed by atoms with van der Waals surface area (Å²) in [5.74, 6) is 8.67. The summed E-state index contributed by atoms with van der Waals surface area (Å²) in [6.45, 7) is 4.10. The highest BCUT2D eigenvalue weighted by atomic mass is 19.1. The van der Waals surface area contributed by atoms with E-state index < -0.39 is 5.82 Å². The van der Waals surface area contributed by atoms with Gasteiger partial charge in [-0.1, -0.05) is 13.0 Å². The highest BCUT2D eigenvalue weighted by Gasteiger charge is 2.43. The van der Waals surface area contributed by atoms with Crippen LogP contribution < -0.4 is 21.9 Å². The molecule has 12 nitrogen and oxygen atoms in total. The molecule has 0 spiro atoms. The number of allylic oxidation sites excluding steroid dienone is 1. The summed E-state index contributed by atoms with van der Waals surface area (Å²) < 4.78 is 21.2. The smallest absolute Gasteiger partial charge is 0.161 e. The van der Waals surface area contributed by atoms with E-state index in [1.54, 1.807) is 6.20 Å². The van der Waals surface area contributed by atoms with Crippen molar-refractivity contribution in [2.24, 2.45) is 28.6 Å². The van der Waals surface area contributed by atoms with Gasteiger partial charge >= 0.3 is 0 Å². The SMILES string of the molecule is Cc1cc(NC2=C/C(=C/NN)NC(C3CCC(OC4CC(C[C@@H](C)c5ccc(-n6cc(F)cn6)nc5)C4C=O)CC3)=N2)n[nH]1. The van der Waals surface area contributed by atoms with Crippen LogP contribution in [0.1, 0.15) is 62.6 Å². The summed E-state index contributed by atoms with van der Waals surface area (Å²) in [7, 11) is 0. The highest BCUT2D eigenvalue weighted by Crippen LogP contribution is 2.43. The van der Waals surface area contributed by atoms with E-state index in [4.69, 9.17) is 15.6 Å². The van der Waals surface area contributed by atoms with E-state index in [0.29, 0.717) is 17.5 Å². The minimum atomic E-state index is -0.401. The van der Waals surface area contributed by atoms with Crippen LogP contribution in [0.15, 0.2) is 65.6 Å². The first-order chi connectivity index (χ1) is 21.4. The summed E-state index contributed by atoms with van der Waals surface area (Å²) in [5, 5.41) is 17.8. The van der Waals surface area contributed by atoms with Gasteiger partial charge in [0, 0.05) is 42.1 Å². The average Bonchev–Trinajstić information content (AvgIpc) is 3.64. The van der Waals surface area contributed by atoms with E-state index in [9.17, 15) is 9.18 Å². The molecule has 44 heavy (non-hydrogen) atoms. The quantitative estimate of drug-likeness (QED) is 0.124. The van der Waals surface area contributed by atoms with Crippen molar-refractivity contribution < 1.29 is 13.9 Å². The van der Waals surface area contributed by atoms with E-state index in [2.05, 4.69) is 43.3 Å². The monoisotopic (exact) mass is 602 g/mol. The van der Waals surface area contributed by atoms with Gasteiger partial charge in [-0.3, -0.25) is 10.9 Å². The van der Waals surface area contributed by atoms with Crippen molar-refractivity contribution in [2.75, 3.05) is 5.32 Å². The lowest BCUT2D eigenvalue weighted by molar-refractivity contribution is -0.147. The van der Waals surface area contributed by atoms with Crippen LogP contribution in [-0.4, -0.2) is 49.3 Å². The number of carbonyl (C=O) groups excluding carboxylic acids is 1. The summed E-state index contributed by atoms with van der Waals surface area (Å²) in [5.41, 5.74) is 5.45. The number of carbonyl (C=O) groups is 1. The van der Waals surface area contributed by atoms with Crippen LogP contribution in [-0.2, 0) is 9.53 Å². The lowest BCUT2D eigenvalue weighted by atomic mass is 9.67. The Morgan fingerprint density at radius 3 is 2.75 bits per heavy atom. The number of hydrogen-bond donors (Lipinski definition) is 5. The number of nitrogens with one attached hydrogen (secondary N) is 4. The summed E-state index contributed by atoms with van der Waals surface area (Å²) >= 11 is 0. The minimum absolute atomic E-state index is 0.0344. The number of aromatic nitrogens is 5. The Kier molecular flexibility index (Phi) is 8.84. The molecule has 3 unspecified atom stereocenters. The van der Waals surface area contributed by atoms with Crippen LogP contribution in [0, 0.1) is 30.5 Å². The van der Waals surface area contributed by atoms with Crippen molar-refractivity contribution in [3.63, 3.8) is 0 Å². The van der Waals surface area contributed by atoms with Crippen molar-refractivity contribution in [1.29, 1.82) is 0 Å². The molecule has 0 amide bonds. The Labute approximate surface area is 255 Å². The molecule has 6 N–H and O–H groups in total. The number of anilines is 1. The van der Waals surface area contributed by atoms with Gasteiger partial charge in [0.05, 0.1) is 30.3 Å². The zero-order valence-electron chi connectivity index (χ0n) is 24.9. The van der Waals surface area contributed by atoms with Gasteiger partial charge in [-0.2, -0.15) is 10.2 Å². The Bertz CT molecular complexity index is 1540. The molecular formula is C31H39FN10O2. The summed E-state index contributed by atoms with van der Waals surface area (Å²) in [4.78, 5) is 21.4. The molecule has 0 bridgehead atoms. The van der Waals surface area contributed by atoms with Crippen LogP contribution in [0.5, 0.6) is 0 Å². The molecule has 1 aliphatic heterocycles. The van der Waals surface area contributed by atoms with Crippen molar-refractivity contribution in [2.45, 2.75) is 70.5 Å². The fourth-order valence-electron chi connectivity index (χ4n) is 6.44. The van der Waals surface area contributed by atoms with Gasteiger partial charge in [-0.25, -0.2) is 19.0 Å². The van der Waals surface area contributed by atoms with Crippen LogP contribution in [0.2, 0.25) is 0 Å². The van der Waals surface area contributed by atoms with E-state index in [0.717, 1.165) is 73.8 Å². The fourth-order valence-corrected chi connectivity index (χ4v) is 6.44. The van der Waals surface area contributed by atoms with Crippen molar-refractivity contribution in [1.82, 2.24) is 35.7 Å². The number of pyridine rings is 1. The molecule has 3 aliphatic rings. The lowest BCUT2D eigenvalue weighted by Crippen LogP contribution is -2.47. The van der Waals surface area contributed by atoms with Gasteiger partial charge in [-0.15, -0.1) is 0 Å². The first-order valence-electron chi connectivity index (χ1n) is 15.2. The molecule has 232 valence electrons. The van der Waals surface area contributed by atoms with Gasteiger partial charge in [0.25, 0.3) is 0 Å². The Morgan fingerprint density at radius 2 is 2.09 bits per heavy atom. The number of aryl methyl sites for hydroxylation is 1. The molecule has 2 fully saturated rings. The zero-order chi connectivity index (χ0) is 30.6. The second-order valence-electron chi connectivity index (χ2n) is 12.0. The topological polar surface area (TPSA) is 160 Å². The van der Waals surface area contributed by atoms with Crippen LogP contribution in [0.4, 0.5) is 10.2 Å². The molecule has 6 rings (SSSR count). The summed E-state index contributed by atoms with van der Waals surface area (Å²) in [6, 6.07) is 5.76. The molecule has 0 saturated heterocycles. The maximum Gasteiger partial charge on any atom is 0.161 e. The number of amidine groups is 1. The van der Waals surface area contributed by atoms with Gasteiger partial charge in [0.15, 0.2) is 17.5 Å². The predicted octanol–water partition coefficient (Wildman–Crippen LogP) is 3.97. The molecule has 0 radical (unpaired) electrons. The molecule has 4 atom stereocenters. The third kappa shape index (κ3) is 6.73. The maximum atomic E-state index is 13.3. The predicted molar refractivity (Wildman–Crippen MR) is 164 cm³/mol. The maximum absolute atomic E-state index is 13.3. The Balaban J connectivity index is 0.991. The molecule has 0 aromatic carbocycles. The molecule has 3 aromatic rings. The van der Waals surface area contributed by atoms with E-state index in [-0.39, 0.29) is 35.9 Å². The van der Waals surface area contributed by atoms with Crippen LogP contribution in [0.25, 0.3) is 5.82 Å². The average molecular weight is 603 g/mol. The van der Waals surface area contributed by atoms with Gasteiger partial charge in [0.1, 0.15) is 17.9 Å². The second-order valence-corrected chi connectivity index (χ2v) is 12.0. The fraction of sp³-hybridized carbons (Fsp3) is 0.452. The number of aromatic amines is 1. The van der Waals surface area contributed by atoms with E-state index in [1.165, 1.54) is 10.9 Å². The Hall–Kier alpha value is -4.36. The first-order valence-corrected chi connectivity index (χ1v) is 15.2. The number of rotatable bonds is 11. The number of halogens is 1. The third-order valence-electron chi connectivity index (χ3n) is 8.88. The molecule has 13 heteroatoms. The van der Waals surface area contributed by atoms with E-state index >= 15 is 0 Å². The number of aldehydes is 1. The molecule has 4 heterocycles. The van der Waals surface area contributed by atoms with Crippen molar-refractivity contribution in [3.8, 4) is 5.82 Å². The minimum Gasteiger partial charge on any atom is -0.374 e. The number of hydrogen-bond acceptors (Lipinski definition) is 10. The standard InChI is InChI=1S/C31H39FN10O2/c1-18(21-5-8-30(34-13-21)42-16-23(32)14-36-42)9-22-11-27(26(22)17-43)44-25-6-3-20(4-7-25)31-37-24(15-35-33)12-28(39-31)38-29-10-19(2)40-41-29/h5,8,10,12-18,20,22,25-27,35H,3-4,6-7,9,11,33H2,1-2H3,(H,37,39)(H2,38,40,41)/b24-15-/t18-,20?,22?,25?,26?,27?/m1/s1. The van der Waals surface area contributed by atoms with Crippen LogP contribution >= 0.6 is 0 Å². The molecule has 3 aromatic heterocycles. The molecule has 2 aliphatic carbocycles. The largest absolute Gasteiger partial charge is 0.374 e. The number of ether oxygens (including phenoxy) is 1. The third-order valence-corrected chi connectivity index (χ3v) is 8.88. The number of nitrogens with zero attached hydrogens (tertiary/aromatic N) is 5. The van der Waals surface area contributed by atoms with Crippen molar-refractivity contribution in [3.05, 3.63) is 77.7 Å². The second kappa shape index (κ2) is 13.1. The highest BCUT2D eigenvalue weighted by molar-refractivity contribution is 5.89. The zero-order valence-corrected chi connectivity index (χ0v) is 24.9. The van der Waals surface area contributed by atoms with Gasteiger partial charge in [0.2, 0.25) is 0 Å². The first kappa shape index (κ1) is 29.7. The Morgan fingerprint density at radius 1 is 1.25 bits per heavy atom. The summed E-state index contributed by atoms with van der Waals surface area (Å²) in [6.07, 6.45) is 14.5. The molecule has 2 saturated carbocycles. The van der Waals surface area contributed by atoms with Gasteiger partial charge < -0.3 is 25.6 Å². The normalized spacial score (nSPS) is 26.6. The number of nitrogens with two attached hydrogens (primary N) is 1. The van der Waals surface area contributed by atoms with Gasteiger partial charge in [-0.05, 0) is 68.9 Å². The van der Waals surface area contributed by atoms with Crippen molar-refractivity contribution >= 4 is 17.9 Å². The number of hydrazine groups is 1. The number of aliphatic imine (C=N–C) groups is 1.